The van der Waals surface area contributed by atoms with E-state index >= 15 is 0 Å². The predicted octanol–water partition coefficient (Wildman–Crippen LogP) is 2.90. The van der Waals surface area contributed by atoms with Crippen molar-refractivity contribution in [1.82, 2.24) is 5.32 Å². The minimum absolute atomic E-state index is 0.0207. The maximum absolute atomic E-state index is 11.8. The molecule has 0 unspecified atom stereocenters. The van der Waals surface area contributed by atoms with Crippen LogP contribution in [-0.4, -0.2) is 24.7 Å². The van der Waals surface area contributed by atoms with Crippen LogP contribution in [0.3, 0.4) is 0 Å². The molecule has 102 valence electrons. The van der Waals surface area contributed by atoms with E-state index < -0.39 is 0 Å². The average Bonchev–Trinajstić information content (AvgIpc) is 3.22. The summed E-state index contributed by atoms with van der Waals surface area (Å²) in [6, 6.07) is 7.86. The molecule has 4 heteroatoms. The minimum atomic E-state index is 0.0207. The lowest BCUT2D eigenvalue weighted by molar-refractivity contribution is -0.115. The van der Waals surface area contributed by atoms with E-state index in [1.54, 1.807) is 11.8 Å². The van der Waals surface area contributed by atoms with Gasteiger partial charge in [0.05, 0.1) is 12.2 Å². The lowest BCUT2D eigenvalue weighted by Crippen LogP contribution is -2.29. The molecule has 0 saturated heterocycles. The first-order valence-electron chi connectivity index (χ1n) is 6.63. The van der Waals surface area contributed by atoms with Gasteiger partial charge in [-0.1, -0.05) is 18.2 Å². The lowest BCUT2D eigenvalue weighted by Gasteiger charge is -2.10. The van der Waals surface area contributed by atoms with Crippen molar-refractivity contribution < 1.29 is 4.79 Å². The number of thioether (sulfide) groups is 1. The second-order valence-corrected chi connectivity index (χ2v) is 5.78. The molecule has 0 bridgehead atoms. The third-order valence-corrected chi connectivity index (χ3v) is 4.00. The first kappa shape index (κ1) is 14.2. The second kappa shape index (κ2) is 7.36. The zero-order valence-electron chi connectivity index (χ0n) is 11.0. The molecule has 0 atom stereocenters. The van der Waals surface area contributed by atoms with Gasteiger partial charge in [-0.3, -0.25) is 4.79 Å². The van der Waals surface area contributed by atoms with Crippen molar-refractivity contribution in [2.45, 2.75) is 17.7 Å². The standard InChI is InChI=1S/C15H20N2OS/c1-2-9-19-14-6-4-3-5-13(14)17-15(18)11-16-10-12-7-8-12/h2-6,12,16H,1,7-11H2,(H,17,18). The van der Waals surface area contributed by atoms with E-state index in [0.717, 1.165) is 28.8 Å². The fraction of sp³-hybridized carbons (Fsp3) is 0.400. The Balaban J connectivity index is 1.82. The summed E-state index contributed by atoms with van der Waals surface area (Å²) in [6.07, 6.45) is 4.46. The van der Waals surface area contributed by atoms with Gasteiger partial charge in [0, 0.05) is 10.6 Å². The molecule has 3 nitrogen and oxygen atoms in total. The molecule has 1 aliphatic rings. The van der Waals surface area contributed by atoms with Gasteiger partial charge < -0.3 is 10.6 Å². The number of carbonyl (C=O) groups excluding carboxylic acids is 1. The molecular weight excluding hydrogens is 256 g/mol. The van der Waals surface area contributed by atoms with Crippen molar-refractivity contribution in [3.8, 4) is 0 Å². The number of hydrogen-bond donors (Lipinski definition) is 2. The number of carbonyl (C=O) groups is 1. The summed E-state index contributed by atoms with van der Waals surface area (Å²) in [5, 5.41) is 6.15. The topological polar surface area (TPSA) is 41.1 Å². The van der Waals surface area contributed by atoms with Crippen molar-refractivity contribution >= 4 is 23.4 Å². The predicted molar refractivity (Wildman–Crippen MR) is 81.6 cm³/mol. The Bertz CT molecular complexity index is 444. The molecule has 2 rings (SSSR count). The summed E-state index contributed by atoms with van der Waals surface area (Å²) < 4.78 is 0. The Hall–Kier alpha value is -1.26. The summed E-state index contributed by atoms with van der Waals surface area (Å²) in [5.74, 6) is 1.66. The van der Waals surface area contributed by atoms with Gasteiger partial charge in [0.15, 0.2) is 0 Å². The quantitative estimate of drug-likeness (QED) is 0.566. The third-order valence-electron chi connectivity index (χ3n) is 2.93. The Morgan fingerprint density at radius 1 is 1.42 bits per heavy atom. The van der Waals surface area contributed by atoms with E-state index in [1.165, 1.54) is 12.8 Å². The zero-order chi connectivity index (χ0) is 13.5. The summed E-state index contributed by atoms with van der Waals surface area (Å²) >= 11 is 1.67. The molecule has 0 aliphatic heterocycles. The Morgan fingerprint density at radius 2 is 2.21 bits per heavy atom. The molecule has 2 N–H and O–H groups in total. The van der Waals surface area contributed by atoms with Crippen LogP contribution in [0.2, 0.25) is 0 Å². The van der Waals surface area contributed by atoms with E-state index in [9.17, 15) is 4.79 Å². The molecule has 0 aromatic heterocycles. The van der Waals surface area contributed by atoms with Crippen molar-refractivity contribution in [3.05, 3.63) is 36.9 Å². The first-order chi connectivity index (χ1) is 9.29. The van der Waals surface area contributed by atoms with Crippen LogP contribution in [0.4, 0.5) is 5.69 Å². The lowest BCUT2D eigenvalue weighted by atomic mass is 10.3. The molecule has 0 spiro atoms. The number of anilines is 1. The fourth-order valence-electron chi connectivity index (χ4n) is 1.75. The van der Waals surface area contributed by atoms with E-state index in [1.807, 2.05) is 30.3 Å². The van der Waals surface area contributed by atoms with Gasteiger partial charge in [-0.05, 0) is 37.4 Å². The molecule has 1 aliphatic carbocycles. The van der Waals surface area contributed by atoms with Gasteiger partial charge in [0.2, 0.25) is 5.91 Å². The van der Waals surface area contributed by atoms with Gasteiger partial charge in [-0.15, -0.1) is 18.3 Å². The van der Waals surface area contributed by atoms with Crippen molar-refractivity contribution in [3.63, 3.8) is 0 Å². The van der Waals surface area contributed by atoms with Crippen LogP contribution in [0.25, 0.3) is 0 Å². The Morgan fingerprint density at radius 3 is 2.95 bits per heavy atom. The summed E-state index contributed by atoms with van der Waals surface area (Å²) in [7, 11) is 0. The monoisotopic (exact) mass is 276 g/mol. The molecule has 1 aromatic carbocycles. The van der Waals surface area contributed by atoms with E-state index in [0.29, 0.717) is 6.54 Å². The number of rotatable bonds is 8. The maximum atomic E-state index is 11.8. The van der Waals surface area contributed by atoms with Crippen LogP contribution in [0.15, 0.2) is 41.8 Å². The van der Waals surface area contributed by atoms with Crippen molar-refractivity contribution in [1.29, 1.82) is 0 Å². The number of para-hydroxylation sites is 1. The van der Waals surface area contributed by atoms with E-state index in [4.69, 9.17) is 0 Å². The van der Waals surface area contributed by atoms with Crippen LogP contribution in [-0.2, 0) is 4.79 Å². The van der Waals surface area contributed by atoms with Crippen LogP contribution in [0.5, 0.6) is 0 Å². The summed E-state index contributed by atoms with van der Waals surface area (Å²) in [6.45, 7) is 5.06. The highest BCUT2D eigenvalue weighted by molar-refractivity contribution is 7.99. The Kier molecular flexibility index (Phi) is 5.48. The first-order valence-corrected chi connectivity index (χ1v) is 7.61. The second-order valence-electron chi connectivity index (χ2n) is 4.72. The van der Waals surface area contributed by atoms with Gasteiger partial charge in [-0.25, -0.2) is 0 Å². The van der Waals surface area contributed by atoms with Crippen LogP contribution < -0.4 is 10.6 Å². The summed E-state index contributed by atoms with van der Waals surface area (Å²) in [4.78, 5) is 12.9. The smallest absolute Gasteiger partial charge is 0.238 e. The van der Waals surface area contributed by atoms with Crippen molar-refractivity contribution in [2.24, 2.45) is 5.92 Å². The van der Waals surface area contributed by atoms with Gasteiger partial charge in [0.1, 0.15) is 0 Å². The third kappa shape index (κ3) is 5.09. The summed E-state index contributed by atoms with van der Waals surface area (Å²) in [5.41, 5.74) is 0.882. The minimum Gasteiger partial charge on any atom is -0.324 e. The van der Waals surface area contributed by atoms with E-state index in [2.05, 4.69) is 17.2 Å². The van der Waals surface area contributed by atoms with Crippen LogP contribution in [0, 0.1) is 5.92 Å². The Labute approximate surface area is 118 Å². The molecule has 1 amide bonds. The maximum Gasteiger partial charge on any atom is 0.238 e. The highest BCUT2D eigenvalue weighted by Crippen LogP contribution is 2.28. The highest BCUT2D eigenvalue weighted by Gasteiger charge is 2.20. The fourth-order valence-corrected chi connectivity index (χ4v) is 2.50. The largest absolute Gasteiger partial charge is 0.324 e. The molecule has 1 aromatic rings. The highest BCUT2D eigenvalue weighted by atomic mass is 32.2. The van der Waals surface area contributed by atoms with E-state index in [-0.39, 0.29) is 5.91 Å². The van der Waals surface area contributed by atoms with Gasteiger partial charge in [0.25, 0.3) is 0 Å². The number of amides is 1. The number of nitrogens with one attached hydrogen (secondary N) is 2. The number of hydrogen-bond acceptors (Lipinski definition) is 3. The van der Waals surface area contributed by atoms with Crippen LogP contribution >= 0.6 is 11.8 Å². The normalized spacial score (nSPS) is 14.1. The van der Waals surface area contributed by atoms with Gasteiger partial charge in [-0.2, -0.15) is 0 Å². The molecule has 1 saturated carbocycles. The molecule has 0 heterocycles. The van der Waals surface area contributed by atoms with Crippen LogP contribution in [0.1, 0.15) is 12.8 Å². The SMILES string of the molecule is C=CCSc1ccccc1NC(=O)CNCC1CC1. The zero-order valence-corrected chi connectivity index (χ0v) is 11.8. The average molecular weight is 276 g/mol. The number of benzene rings is 1. The van der Waals surface area contributed by atoms with Gasteiger partial charge >= 0.3 is 0 Å². The van der Waals surface area contributed by atoms with Crippen molar-refractivity contribution in [2.75, 3.05) is 24.2 Å². The molecular formula is C15H20N2OS. The molecule has 0 radical (unpaired) electrons. The molecule has 1 fully saturated rings. The molecule has 19 heavy (non-hydrogen) atoms.